The molecule has 1 rings (SSSR count). The van der Waals surface area contributed by atoms with E-state index in [0.717, 1.165) is 12.3 Å². The van der Waals surface area contributed by atoms with Gasteiger partial charge >= 0.3 is 6.09 Å². The smallest absolute Gasteiger partial charge is 0.407 e. The van der Waals surface area contributed by atoms with Gasteiger partial charge < -0.3 is 15.4 Å². The molecule has 2 unspecified atom stereocenters. The molecule has 1 amide bonds. The minimum Gasteiger partial charge on any atom is -0.444 e. The van der Waals surface area contributed by atoms with E-state index in [9.17, 15) is 4.79 Å². The highest BCUT2D eigenvalue weighted by Crippen LogP contribution is 2.33. The molecular weight excluding hydrogens is 296 g/mol. The van der Waals surface area contributed by atoms with Crippen molar-refractivity contribution in [2.75, 3.05) is 18.1 Å². The van der Waals surface area contributed by atoms with Crippen molar-refractivity contribution in [3.8, 4) is 0 Å². The number of hydrogen-bond donors (Lipinski definition) is 2. The minimum atomic E-state index is -0.455. The van der Waals surface area contributed by atoms with E-state index < -0.39 is 5.60 Å². The van der Waals surface area contributed by atoms with Crippen molar-refractivity contribution in [2.45, 2.75) is 72.6 Å². The maximum atomic E-state index is 12.0. The zero-order chi connectivity index (χ0) is 17.0. The molecule has 0 radical (unpaired) electrons. The molecule has 130 valence electrons. The van der Waals surface area contributed by atoms with Gasteiger partial charge in [-0.25, -0.2) is 4.79 Å². The molecule has 0 saturated carbocycles. The summed E-state index contributed by atoms with van der Waals surface area (Å²) in [5.74, 6) is 2.75. The highest BCUT2D eigenvalue weighted by Gasteiger charge is 2.29. The molecular formula is C17H34N2O2S. The van der Waals surface area contributed by atoms with Gasteiger partial charge in [-0.15, -0.1) is 0 Å². The number of amides is 1. The first kappa shape index (κ1) is 19.6. The average Bonchev–Trinajstić information content (AvgIpc) is 2.30. The third-order valence-electron chi connectivity index (χ3n) is 3.74. The Morgan fingerprint density at radius 1 is 1.36 bits per heavy atom. The van der Waals surface area contributed by atoms with Crippen molar-refractivity contribution >= 4 is 17.9 Å². The molecule has 0 aromatic heterocycles. The fourth-order valence-corrected chi connectivity index (χ4v) is 3.91. The van der Waals surface area contributed by atoms with E-state index in [-0.39, 0.29) is 12.1 Å². The highest BCUT2D eigenvalue weighted by atomic mass is 32.2. The molecule has 0 aromatic carbocycles. The fourth-order valence-electron chi connectivity index (χ4n) is 2.60. The second-order valence-corrected chi connectivity index (χ2v) is 9.52. The lowest BCUT2D eigenvalue weighted by Gasteiger charge is -2.36. The summed E-state index contributed by atoms with van der Waals surface area (Å²) >= 11 is 2.02. The zero-order valence-corrected chi connectivity index (χ0v) is 16.1. The lowest BCUT2D eigenvalue weighted by atomic mass is 9.87. The molecule has 1 aliphatic rings. The fraction of sp³-hybridized carbons (Fsp3) is 0.941. The maximum Gasteiger partial charge on any atom is 0.407 e. The predicted molar refractivity (Wildman–Crippen MR) is 95.5 cm³/mol. The van der Waals surface area contributed by atoms with Crippen LogP contribution in [0.3, 0.4) is 0 Å². The second-order valence-electron chi connectivity index (χ2n) is 8.49. The van der Waals surface area contributed by atoms with E-state index in [1.165, 1.54) is 12.2 Å². The quantitative estimate of drug-likeness (QED) is 0.808. The maximum absolute atomic E-state index is 12.0. The summed E-state index contributed by atoms with van der Waals surface area (Å²) in [4.78, 5) is 12.0. The summed E-state index contributed by atoms with van der Waals surface area (Å²) in [6, 6.07) is 0.611. The van der Waals surface area contributed by atoms with Crippen LogP contribution in [0.1, 0.15) is 54.9 Å². The van der Waals surface area contributed by atoms with Crippen molar-refractivity contribution in [1.29, 1.82) is 0 Å². The van der Waals surface area contributed by atoms with Gasteiger partial charge in [0, 0.05) is 24.4 Å². The van der Waals surface area contributed by atoms with Crippen LogP contribution in [0.15, 0.2) is 0 Å². The summed E-state index contributed by atoms with van der Waals surface area (Å²) in [5.41, 5.74) is -0.0599. The summed E-state index contributed by atoms with van der Waals surface area (Å²) in [7, 11) is 0. The lowest BCUT2D eigenvalue weighted by Crippen LogP contribution is -2.50. The van der Waals surface area contributed by atoms with E-state index in [1.807, 2.05) is 32.5 Å². The van der Waals surface area contributed by atoms with E-state index in [2.05, 4.69) is 38.3 Å². The molecule has 0 aliphatic carbocycles. The highest BCUT2D eigenvalue weighted by molar-refractivity contribution is 7.99. The van der Waals surface area contributed by atoms with E-state index >= 15 is 0 Å². The summed E-state index contributed by atoms with van der Waals surface area (Å²) < 4.78 is 5.36. The van der Waals surface area contributed by atoms with Crippen LogP contribution in [-0.2, 0) is 4.74 Å². The third kappa shape index (κ3) is 7.73. The van der Waals surface area contributed by atoms with Gasteiger partial charge in [0.1, 0.15) is 5.60 Å². The van der Waals surface area contributed by atoms with Crippen LogP contribution in [0.4, 0.5) is 4.79 Å². The number of alkyl carbamates (subject to hydrolysis) is 1. The van der Waals surface area contributed by atoms with Crippen LogP contribution in [0.25, 0.3) is 0 Å². The molecule has 1 aliphatic heterocycles. The molecule has 0 spiro atoms. The lowest BCUT2D eigenvalue weighted by molar-refractivity contribution is 0.0488. The van der Waals surface area contributed by atoms with Crippen molar-refractivity contribution in [1.82, 2.24) is 10.6 Å². The monoisotopic (exact) mass is 330 g/mol. The number of nitrogens with one attached hydrogen (secondary N) is 2. The van der Waals surface area contributed by atoms with Crippen molar-refractivity contribution in [3.05, 3.63) is 0 Å². The molecule has 22 heavy (non-hydrogen) atoms. The van der Waals surface area contributed by atoms with E-state index in [4.69, 9.17) is 4.74 Å². The standard InChI is InChI=1S/C17H34N2O2S/c1-12(2)14(19-15(20)21-16(3,4)5)9-18-13-8-17(6,7)11-22-10-13/h12-14,18H,8-11H2,1-7H3,(H,19,20). The number of thioether (sulfide) groups is 1. The Labute approximate surface area is 140 Å². The normalized spacial score (nSPS) is 23.2. The zero-order valence-electron chi connectivity index (χ0n) is 15.3. The molecule has 1 heterocycles. The number of hydrogen-bond acceptors (Lipinski definition) is 4. The van der Waals surface area contributed by atoms with Gasteiger partial charge in [0.25, 0.3) is 0 Å². The number of carbonyl (C=O) groups is 1. The molecule has 0 bridgehead atoms. The number of ether oxygens (including phenoxy) is 1. The second kappa shape index (κ2) is 7.91. The van der Waals surface area contributed by atoms with Gasteiger partial charge in [0.2, 0.25) is 0 Å². The van der Waals surface area contributed by atoms with Gasteiger partial charge in [-0.2, -0.15) is 11.8 Å². The van der Waals surface area contributed by atoms with Crippen LogP contribution in [0.5, 0.6) is 0 Å². The summed E-state index contributed by atoms with van der Waals surface area (Å²) in [5, 5.41) is 6.64. The van der Waals surface area contributed by atoms with Crippen LogP contribution < -0.4 is 10.6 Å². The van der Waals surface area contributed by atoms with Gasteiger partial charge in [-0.3, -0.25) is 0 Å². The Balaban J connectivity index is 2.46. The average molecular weight is 331 g/mol. The first-order valence-electron chi connectivity index (χ1n) is 8.29. The molecule has 1 saturated heterocycles. The predicted octanol–water partition coefficient (Wildman–Crippen LogP) is 3.66. The Bertz CT molecular complexity index is 364. The summed E-state index contributed by atoms with van der Waals surface area (Å²) in [6.45, 7) is 15.4. The Hall–Kier alpha value is -0.420. The Morgan fingerprint density at radius 3 is 2.50 bits per heavy atom. The van der Waals surface area contributed by atoms with Crippen LogP contribution in [0.2, 0.25) is 0 Å². The molecule has 2 atom stereocenters. The Morgan fingerprint density at radius 2 is 2.00 bits per heavy atom. The van der Waals surface area contributed by atoms with Crippen LogP contribution >= 0.6 is 11.8 Å². The van der Waals surface area contributed by atoms with Crippen LogP contribution in [-0.4, -0.2) is 41.8 Å². The summed E-state index contributed by atoms with van der Waals surface area (Å²) in [6.07, 6.45) is 0.864. The SMILES string of the molecule is CC(C)C(CNC1CSCC(C)(C)C1)NC(=O)OC(C)(C)C. The van der Waals surface area contributed by atoms with E-state index in [1.54, 1.807) is 0 Å². The molecule has 2 N–H and O–H groups in total. The topological polar surface area (TPSA) is 50.4 Å². The molecule has 0 aromatic rings. The van der Waals surface area contributed by atoms with Gasteiger partial charge in [-0.1, -0.05) is 27.7 Å². The Kier molecular flexibility index (Phi) is 7.06. The number of carbonyl (C=O) groups excluding carboxylic acids is 1. The molecule has 5 heteroatoms. The van der Waals surface area contributed by atoms with Crippen molar-refractivity contribution in [3.63, 3.8) is 0 Å². The van der Waals surface area contributed by atoms with E-state index in [0.29, 0.717) is 17.4 Å². The molecule has 1 fully saturated rings. The van der Waals surface area contributed by atoms with Gasteiger partial charge in [-0.05, 0) is 44.3 Å². The number of rotatable bonds is 5. The van der Waals surface area contributed by atoms with Crippen molar-refractivity contribution in [2.24, 2.45) is 11.3 Å². The first-order valence-corrected chi connectivity index (χ1v) is 9.45. The minimum absolute atomic E-state index is 0.0879. The first-order chi connectivity index (χ1) is 9.98. The largest absolute Gasteiger partial charge is 0.444 e. The van der Waals surface area contributed by atoms with Gasteiger partial charge in [0.15, 0.2) is 0 Å². The van der Waals surface area contributed by atoms with Crippen LogP contribution in [0, 0.1) is 11.3 Å². The van der Waals surface area contributed by atoms with Crippen molar-refractivity contribution < 1.29 is 9.53 Å². The molecule has 4 nitrogen and oxygen atoms in total. The third-order valence-corrected chi connectivity index (χ3v) is 5.37. The van der Waals surface area contributed by atoms with Gasteiger partial charge in [0.05, 0.1) is 0 Å².